The van der Waals surface area contributed by atoms with Gasteiger partial charge in [0.05, 0.1) is 6.04 Å². The van der Waals surface area contributed by atoms with Crippen LogP contribution in [0.3, 0.4) is 0 Å². The van der Waals surface area contributed by atoms with E-state index in [1.54, 1.807) is 6.92 Å². The van der Waals surface area contributed by atoms with E-state index in [0.717, 1.165) is 0 Å². The SMILES string of the molecule is CCC(C)C(N)C(=O)NC(C)C(=O)NC(CCC(=O)O)C(=O)NC(Cc1ccc(O)cc1)C(=O)O. The molecule has 0 saturated heterocycles. The molecule has 8 N–H and O–H groups in total. The van der Waals surface area contributed by atoms with E-state index in [0.29, 0.717) is 12.0 Å². The van der Waals surface area contributed by atoms with Crippen molar-refractivity contribution in [3.63, 3.8) is 0 Å². The van der Waals surface area contributed by atoms with E-state index in [9.17, 15) is 34.2 Å². The molecule has 3 amide bonds. The third kappa shape index (κ3) is 10.0. The fraction of sp³-hybridized carbons (Fsp3) is 0.522. The molecule has 0 aliphatic heterocycles. The molecule has 0 saturated carbocycles. The van der Waals surface area contributed by atoms with Gasteiger partial charge >= 0.3 is 11.9 Å². The Kier molecular flexibility index (Phi) is 11.7. The van der Waals surface area contributed by atoms with Crippen molar-refractivity contribution >= 4 is 29.7 Å². The van der Waals surface area contributed by atoms with Crippen LogP contribution in [0.15, 0.2) is 24.3 Å². The molecule has 0 aliphatic carbocycles. The molecule has 0 spiro atoms. The van der Waals surface area contributed by atoms with Crippen LogP contribution >= 0.6 is 0 Å². The smallest absolute Gasteiger partial charge is 0.326 e. The molecule has 0 bridgehead atoms. The number of aliphatic carboxylic acids is 2. The zero-order valence-electron chi connectivity index (χ0n) is 20.0. The van der Waals surface area contributed by atoms with Crippen LogP contribution in [0.25, 0.3) is 0 Å². The van der Waals surface area contributed by atoms with E-state index >= 15 is 0 Å². The van der Waals surface area contributed by atoms with Gasteiger partial charge in [-0.2, -0.15) is 0 Å². The number of benzene rings is 1. The number of aromatic hydroxyl groups is 1. The Morgan fingerprint density at radius 1 is 0.886 bits per heavy atom. The van der Waals surface area contributed by atoms with Crippen LogP contribution in [0, 0.1) is 5.92 Å². The number of carboxylic acid groups (broad SMARTS) is 2. The van der Waals surface area contributed by atoms with Gasteiger partial charge in [-0.3, -0.25) is 19.2 Å². The van der Waals surface area contributed by atoms with Gasteiger partial charge in [-0.15, -0.1) is 0 Å². The third-order valence-electron chi connectivity index (χ3n) is 5.58. The first-order valence-corrected chi connectivity index (χ1v) is 11.2. The lowest BCUT2D eigenvalue weighted by Gasteiger charge is -2.24. The van der Waals surface area contributed by atoms with E-state index in [-0.39, 0.29) is 24.5 Å². The maximum atomic E-state index is 12.8. The lowest BCUT2D eigenvalue weighted by Crippen LogP contribution is -2.57. The highest BCUT2D eigenvalue weighted by atomic mass is 16.4. The Morgan fingerprint density at radius 3 is 1.97 bits per heavy atom. The molecule has 12 nitrogen and oxygen atoms in total. The second-order valence-electron chi connectivity index (χ2n) is 8.41. The molecule has 1 rings (SSSR count). The second-order valence-corrected chi connectivity index (χ2v) is 8.41. The molecule has 5 atom stereocenters. The third-order valence-corrected chi connectivity index (χ3v) is 5.58. The Hall–Kier alpha value is -3.67. The van der Waals surface area contributed by atoms with Crippen molar-refractivity contribution in [2.45, 2.75) is 70.6 Å². The molecule has 1 aromatic rings. The van der Waals surface area contributed by atoms with Gasteiger partial charge in [0.2, 0.25) is 17.7 Å². The number of amides is 3. The van der Waals surface area contributed by atoms with Crippen molar-refractivity contribution < 1.29 is 39.3 Å². The molecule has 35 heavy (non-hydrogen) atoms. The first-order chi connectivity index (χ1) is 16.3. The van der Waals surface area contributed by atoms with Crippen LogP contribution in [-0.4, -0.2) is 69.1 Å². The van der Waals surface area contributed by atoms with E-state index < -0.39 is 60.2 Å². The number of carbonyl (C=O) groups is 5. The first kappa shape index (κ1) is 29.4. The average Bonchev–Trinajstić information content (AvgIpc) is 2.80. The van der Waals surface area contributed by atoms with Crippen molar-refractivity contribution in [2.24, 2.45) is 11.7 Å². The largest absolute Gasteiger partial charge is 0.508 e. The Balaban J connectivity index is 2.90. The van der Waals surface area contributed by atoms with Gasteiger partial charge in [0.1, 0.15) is 23.9 Å². The molecule has 12 heteroatoms. The number of nitrogens with one attached hydrogen (secondary N) is 3. The molecular weight excluding hydrogens is 460 g/mol. The van der Waals surface area contributed by atoms with Crippen LogP contribution in [-0.2, 0) is 30.4 Å². The molecular formula is C23H34N4O8. The molecule has 1 aromatic carbocycles. The maximum absolute atomic E-state index is 12.8. The topological polar surface area (TPSA) is 208 Å². The molecule has 0 fully saturated rings. The Labute approximate surface area is 203 Å². The zero-order valence-corrected chi connectivity index (χ0v) is 20.0. The molecule has 0 aromatic heterocycles. The van der Waals surface area contributed by atoms with Gasteiger partial charge in [-0.25, -0.2) is 4.79 Å². The molecule has 0 heterocycles. The zero-order chi connectivity index (χ0) is 26.7. The summed E-state index contributed by atoms with van der Waals surface area (Å²) in [5, 5.41) is 35.0. The Morgan fingerprint density at radius 2 is 1.46 bits per heavy atom. The lowest BCUT2D eigenvalue weighted by atomic mass is 9.99. The summed E-state index contributed by atoms with van der Waals surface area (Å²) in [5.41, 5.74) is 6.39. The van der Waals surface area contributed by atoms with Gasteiger partial charge in [0.25, 0.3) is 0 Å². The van der Waals surface area contributed by atoms with E-state index in [2.05, 4.69) is 16.0 Å². The summed E-state index contributed by atoms with van der Waals surface area (Å²) in [7, 11) is 0. The van der Waals surface area contributed by atoms with Gasteiger partial charge in [-0.05, 0) is 37.0 Å². The van der Waals surface area contributed by atoms with Crippen LogP contribution < -0.4 is 21.7 Å². The van der Waals surface area contributed by atoms with Gasteiger partial charge < -0.3 is 37.0 Å². The minimum Gasteiger partial charge on any atom is -0.508 e. The van der Waals surface area contributed by atoms with Crippen molar-refractivity contribution in [1.82, 2.24) is 16.0 Å². The minimum atomic E-state index is -1.37. The first-order valence-electron chi connectivity index (χ1n) is 11.2. The van der Waals surface area contributed by atoms with E-state index in [1.165, 1.54) is 31.2 Å². The maximum Gasteiger partial charge on any atom is 0.326 e. The van der Waals surface area contributed by atoms with Gasteiger partial charge in [-0.1, -0.05) is 32.4 Å². The van der Waals surface area contributed by atoms with Crippen molar-refractivity contribution in [3.8, 4) is 5.75 Å². The molecule has 5 unspecified atom stereocenters. The summed E-state index contributed by atoms with van der Waals surface area (Å²) in [4.78, 5) is 60.4. The number of hydrogen-bond acceptors (Lipinski definition) is 7. The lowest BCUT2D eigenvalue weighted by molar-refractivity contribution is -0.143. The highest BCUT2D eigenvalue weighted by molar-refractivity contribution is 5.94. The summed E-state index contributed by atoms with van der Waals surface area (Å²) in [6.07, 6.45) is -0.221. The monoisotopic (exact) mass is 494 g/mol. The van der Waals surface area contributed by atoms with Gasteiger partial charge in [0.15, 0.2) is 0 Å². The van der Waals surface area contributed by atoms with Crippen LogP contribution in [0.4, 0.5) is 0 Å². The standard InChI is InChI=1S/C23H34N4O8/c1-4-12(2)19(24)22(33)25-13(3)20(31)26-16(9-10-18(29)30)21(32)27-17(23(34)35)11-14-5-7-15(28)8-6-14/h5-8,12-13,16-17,19,28H,4,9-11,24H2,1-3H3,(H,25,33)(H,26,31)(H,27,32)(H,29,30)(H,34,35). The second kappa shape index (κ2) is 13.9. The number of rotatable bonds is 14. The Bertz CT molecular complexity index is 905. The predicted molar refractivity (Wildman–Crippen MR) is 125 cm³/mol. The average molecular weight is 495 g/mol. The van der Waals surface area contributed by atoms with Crippen molar-refractivity contribution in [1.29, 1.82) is 0 Å². The number of carbonyl (C=O) groups excluding carboxylic acids is 3. The predicted octanol–water partition coefficient (Wildman–Crippen LogP) is -0.268. The summed E-state index contributed by atoms with van der Waals surface area (Å²) >= 11 is 0. The van der Waals surface area contributed by atoms with Crippen molar-refractivity contribution in [2.75, 3.05) is 0 Å². The van der Waals surface area contributed by atoms with Gasteiger partial charge in [0, 0.05) is 12.8 Å². The van der Waals surface area contributed by atoms with Crippen molar-refractivity contribution in [3.05, 3.63) is 29.8 Å². The summed E-state index contributed by atoms with van der Waals surface area (Å²) in [5.74, 6) is -4.88. The summed E-state index contributed by atoms with van der Waals surface area (Å²) < 4.78 is 0. The number of phenolic OH excluding ortho intramolecular Hbond substituents is 1. The highest BCUT2D eigenvalue weighted by Gasteiger charge is 2.30. The van der Waals surface area contributed by atoms with E-state index in [1.807, 2.05) is 6.92 Å². The fourth-order valence-electron chi connectivity index (χ4n) is 3.06. The highest BCUT2D eigenvalue weighted by Crippen LogP contribution is 2.12. The van der Waals surface area contributed by atoms with Crippen LogP contribution in [0.2, 0.25) is 0 Å². The quantitative estimate of drug-likeness (QED) is 0.181. The number of carboxylic acids is 2. The molecule has 0 aliphatic rings. The molecule has 194 valence electrons. The van der Waals surface area contributed by atoms with Crippen LogP contribution in [0.5, 0.6) is 5.75 Å². The molecule has 0 radical (unpaired) electrons. The number of hydrogen-bond donors (Lipinski definition) is 7. The van der Waals surface area contributed by atoms with E-state index in [4.69, 9.17) is 10.8 Å². The minimum absolute atomic E-state index is 0.00701. The fourth-order valence-corrected chi connectivity index (χ4v) is 3.06. The number of nitrogens with two attached hydrogens (primary N) is 1. The van der Waals surface area contributed by atoms with Crippen LogP contribution in [0.1, 0.15) is 45.6 Å². The number of phenols is 1. The summed E-state index contributed by atoms with van der Waals surface area (Å²) in [6.45, 7) is 5.04. The summed E-state index contributed by atoms with van der Waals surface area (Å²) in [6, 6.07) is 1.08. The normalized spacial score (nSPS) is 15.1.